The summed E-state index contributed by atoms with van der Waals surface area (Å²) in [5, 5.41) is 3.47. The van der Waals surface area contributed by atoms with Crippen LogP contribution in [-0.2, 0) is 15.9 Å². The quantitative estimate of drug-likeness (QED) is 0.257. The third-order valence-corrected chi connectivity index (χ3v) is 5.90. The van der Waals surface area contributed by atoms with Gasteiger partial charge >= 0.3 is 0 Å². The number of guanidine groups is 1. The number of hydrogen-bond donors (Lipinski definition) is 1. The van der Waals surface area contributed by atoms with Crippen molar-refractivity contribution >= 4 is 29.9 Å². The van der Waals surface area contributed by atoms with Crippen molar-refractivity contribution in [2.75, 3.05) is 46.0 Å². The molecular weight excluding hydrogens is 517 g/mol. The molecule has 0 radical (unpaired) electrons. The Morgan fingerprint density at radius 3 is 2.75 bits per heavy atom. The van der Waals surface area contributed by atoms with Gasteiger partial charge in [0.2, 0.25) is 0 Å². The van der Waals surface area contributed by atoms with Gasteiger partial charge in [-0.2, -0.15) is 0 Å². The predicted octanol–water partition coefficient (Wildman–Crippen LogP) is 4.65. The number of benzene rings is 1. The number of likely N-dealkylation sites (tertiary alicyclic amines) is 1. The van der Waals surface area contributed by atoms with Gasteiger partial charge in [-0.05, 0) is 69.6 Å². The Bertz CT molecular complexity index is 660. The molecule has 0 amide bonds. The summed E-state index contributed by atoms with van der Waals surface area (Å²) in [6.07, 6.45) is 8.29. The molecule has 0 aliphatic carbocycles. The van der Waals surface area contributed by atoms with E-state index in [2.05, 4.69) is 42.3 Å². The highest BCUT2D eigenvalue weighted by Gasteiger charge is 2.23. The van der Waals surface area contributed by atoms with E-state index < -0.39 is 0 Å². The van der Waals surface area contributed by atoms with E-state index in [9.17, 15) is 0 Å². The van der Waals surface area contributed by atoms with Crippen LogP contribution in [0.1, 0.15) is 57.9 Å². The molecule has 1 atom stereocenters. The van der Waals surface area contributed by atoms with Gasteiger partial charge in [0.1, 0.15) is 5.75 Å². The van der Waals surface area contributed by atoms with Crippen LogP contribution in [-0.4, -0.2) is 69.1 Å². The van der Waals surface area contributed by atoms with E-state index >= 15 is 0 Å². The minimum absolute atomic E-state index is 0. The van der Waals surface area contributed by atoms with E-state index in [1.165, 1.54) is 18.4 Å². The zero-order valence-corrected chi connectivity index (χ0v) is 22.2. The summed E-state index contributed by atoms with van der Waals surface area (Å²) in [6.45, 7) is 10.3. The van der Waals surface area contributed by atoms with Crippen molar-refractivity contribution in [2.45, 2.75) is 71.0 Å². The van der Waals surface area contributed by atoms with E-state index in [0.29, 0.717) is 12.2 Å². The average Bonchev–Trinajstić information content (AvgIpc) is 2.82. The topological polar surface area (TPSA) is 55.3 Å². The lowest BCUT2D eigenvalue weighted by molar-refractivity contribution is -0.0721. The van der Waals surface area contributed by atoms with E-state index in [4.69, 9.17) is 19.2 Å². The SMILES string of the molecule is CCCOc1cccc(CCN=C(NCC)N2CCC(OCC3CCCCO3)CC2)c1.I. The summed E-state index contributed by atoms with van der Waals surface area (Å²) >= 11 is 0. The molecule has 2 heterocycles. The largest absolute Gasteiger partial charge is 0.494 e. The summed E-state index contributed by atoms with van der Waals surface area (Å²) in [4.78, 5) is 7.27. The Balaban J connectivity index is 0.00000363. The molecule has 32 heavy (non-hydrogen) atoms. The lowest BCUT2D eigenvalue weighted by Gasteiger charge is -2.35. The molecule has 0 saturated carbocycles. The predicted molar refractivity (Wildman–Crippen MR) is 141 cm³/mol. The highest BCUT2D eigenvalue weighted by Crippen LogP contribution is 2.18. The molecule has 7 heteroatoms. The number of piperidine rings is 1. The average molecular weight is 560 g/mol. The normalized spacial score (nSPS) is 20.0. The fraction of sp³-hybridized carbons (Fsp3) is 0.720. The van der Waals surface area contributed by atoms with Crippen LogP contribution in [0, 0.1) is 0 Å². The van der Waals surface area contributed by atoms with Crippen molar-refractivity contribution in [3.05, 3.63) is 29.8 Å². The molecule has 1 unspecified atom stereocenters. The van der Waals surface area contributed by atoms with E-state index in [0.717, 1.165) is 89.8 Å². The maximum Gasteiger partial charge on any atom is 0.193 e. The van der Waals surface area contributed by atoms with Crippen molar-refractivity contribution in [3.63, 3.8) is 0 Å². The third-order valence-electron chi connectivity index (χ3n) is 5.90. The number of rotatable bonds is 10. The number of ether oxygens (including phenoxy) is 3. The van der Waals surface area contributed by atoms with Gasteiger partial charge in [-0.1, -0.05) is 19.1 Å². The smallest absolute Gasteiger partial charge is 0.193 e. The molecule has 1 aromatic carbocycles. The molecule has 2 saturated heterocycles. The Morgan fingerprint density at radius 1 is 1.19 bits per heavy atom. The zero-order valence-electron chi connectivity index (χ0n) is 19.9. The van der Waals surface area contributed by atoms with Crippen molar-refractivity contribution in [2.24, 2.45) is 4.99 Å². The van der Waals surface area contributed by atoms with Crippen LogP contribution in [0.3, 0.4) is 0 Å². The first-order valence-corrected chi connectivity index (χ1v) is 12.3. The van der Waals surface area contributed by atoms with Crippen LogP contribution in [0.5, 0.6) is 5.75 Å². The first-order chi connectivity index (χ1) is 15.3. The fourth-order valence-electron chi connectivity index (χ4n) is 4.14. The summed E-state index contributed by atoms with van der Waals surface area (Å²) in [6, 6.07) is 8.38. The summed E-state index contributed by atoms with van der Waals surface area (Å²) in [5.74, 6) is 1.98. The lowest BCUT2D eigenvalue weighted by atomic mass is 10.1. The van der Waals surface area contributed by atoms with E-state index in [-0.39, 0.29) is 24.0 Å². The van der Waals surface area contributed by atoms with E-state index in [1.54, 1.807) is 0 Å². The lowest BCUT2D eigenvalue weighted by Crippen LogP contribution is -2.47. The molecule has 2 aliphatic rings. The maximum atomic E-state index is 6.16. The highest BCUT2D eigenvalue weighted by atomic mass is 127. The second-order valence-electron chi connectivity index (χ2n) is 8.49. The molecule has 182 valence electrons. The number of nitrogens with one attached hydrogen (secondary N) is 1. The van der Waals surface area contributed by atoms with Gasteiger partial charge in [0, 0.05) is 32.8 Å². The Morgan fingerprint density at radius 2 is 2.03 bits per heavy atom. The van der Waals surface area contributed by atoms with Gasteiger partial charge < -0.3 is 24.4 Å². The van der Waals surface area contributed by atoms with Gasteiger partial charge in [-0.15, -0.1) is 24.0 Å². The van der Waals surface area contributed by atoms with Crippen LogP contribution in [0.15, 0.2) is 29.3 Å². The Labute approximate surface area is 211 Å². The van der Waals surface area contributed by atoms with Gasteiger partial charge in [0.15, 0.2) is 5.96 Å². The molecule has 1 aromatic rings. The molecule has 2 fully saturated rings. The van der Waals surface area contributed by atoms with Gasteiger partial charge in [-0.3, -0.25) is 4.99 Å². The standard InChI is InChI=1S/C25H41N3O3.HI/c1-3-17-29-23-10-7-8-21(19-23)11-14-27-25(26-4-2)28-15-12-22(13-16-28)31-20-24-9-5-6-18-30-24;/h7-8,10,19,22,24H,3-6,9,11-18,20H2,1-2H3,(H,26,27);1H. The maximum absolute atomic E-state index is 6.16. The van der Waals surface area contributed by atoms with Crippen LogP contribution < -0.4 is 10.1 Å². The van der Waals surface area contributed by atoms with Crippen molar-refractivity contribution < 1.29 is 14.2 Å². The Kier molecular flexibility index (Phi) is 13.4. The second-order valence-corrected chi connectivity index (χ2v) is 8.49. The van der Waals surface area contributed by atoms with Crippen molar-refractivity contribution in [1.82, 2.24) is 10.2 Å². The van der Waals surface area contributed by atoms with Crippen LogP contribution >= 0.6 is 24.0 Å². The molecule has 0 aromatic heterocycles. The van der Waals surface area contributed by atoms with Gasteiger partial charge in [0.05, 0.1) is 25.4 Å². The summed E-state index contributed by atoms with van der Waals surface area (Å²) in [5.41, 5.74) is 1.27. The first kappa shape index (κ1) is 27.2. The van der Waals surface area contributed by atoms with Crippen LogP contribution in [0.25, 0.3) is 0 Å². The van der Waals surface area contributed by atoms with Gasteiger partial charge in [-0.25, -0.2) is 0 Å². The molecular formula is C25H42IN3O3. The zero-order chi connectivity index (χ0) is 21.7. The van der Waals surface area contributed by atoms with Crippen molar-refractivity contribution in [3.8, 4) is 5.75 Å². The summed E-state index contributed by atoms with van der Waals surface area (Å²) < 4.78 is 17.7. The minimum Gasteiger partial charge on any atom is -0.494 e. The molecule has 0 bridgehead atoms. The molecule has 1 N–H and O–H groups in total. The number of nitrogens with zero attached hydrogens (tertiary/aromatic N) is 2. The molecule has 6 nitrogen and oxygen atoms in total. The highest BCUT2D eigenvalue weighted by molar-refractivity contribution is 14.0. The number of aliphatic imine (C=N–C) groups is 1. The summed E-state index contributed by atoms with van der Waals surface area (Å²) in [7, 11) is 0. The van der Waals surface area contributed by atoms with Crippen LogP contribution in [0.2, 0.25) is 0 Å². The molecule has 2 aliphatic heterocycles. The molecule has 0 spiro atoms. The Hall–Kier alpha value is -1.06. The number of hydrogen-bond acceptors (Lipinski definition) is 4. The first-order valence-electron chi connectivity index (χ1n) is 12.3. The third kappa shape index (κ3) is 9.43. The van der Waals surface area contributed by atoms with Crippen LogP contribution in [0.4, 0.5) is 0 Å². The molecule has 3 rings (SSSR count). The van der Waals surface area contributed by atoms with Gasteiger partial charge in [0.25, 0.3) is 0 Å². The minimum atomic E-state index is 0. The van der Waals surface area contributed by atoms with Crippen molar-refractivity contribution in [1.29, 1.82) is 0 Å². The van der Waals surface area contributed by atoms with E-state index in [1.807, 2.05) is 6.07 Å². The monoisotopic (exact) mass is 559 g/mol. The fourth-order valence-corrected chi connectivity index (χ4v) is 4.14. The number of halogens is 1. The second kappa shape index (κ2) is 15.7.